The second kappa shape index (κ2) is 8.67. The Bertz CT molecular complexity index is 452. The van der Waals surface area contributed by atoms with Crippen molar-refractivity contribution in [1.29, 1.82) is 0 Å². The van der Waals surface area contributed by atoms with E-state index in [-0.39, 0.29) is 0 Å². The molecule has 0 atom stereocenters. The fourth-order valence-electron chi connectivity index (χ4n) is 1.77. The number of quaternary nitrogens is 1. The smallest absolute Gasteiger partial charge is 0.168 e. The van der Waals surface area contributed by atoms with E-state index in [9.17, 15) is 0 Å². The van der Waals surface area contributed by atoms with Crippen molar-refractivity contribution in [3.63, 3.8) is 0 Å². The summed E-state index contributed by atoms with van der Waals surface area (Å²) in [6.45, 7) is 2.65. The summed E-state index contributed by atoms with van der Waals surface area (Å²) in [6, 6.07) is 5.64. The Morgan fingerprint density at radius 3 is 2.70 bits per heavy atom. The number of hydrogen-bond acceptors (Lipinski definition) is 1. The largest absolute Gasteiger partial charge is 0.362 e. The topological polar surface area (TPSA) is 19.7 Å². The predicted octanol–water partition coefficient (Wildman–Crippen LogP) is 1.83. The number of thiocarbonyl (C=S) groups is 1. The molecule has 0 bridgehead atoms. The molecule has 0 heterocycles. The van der Waals surface area contributed by atoms with Gasteiger partial charge in [0.05, 0.1) is 30.7 Å². The highest BCUT2D eigenvalue weighted by atomic mass is 35.5. The van der Waals surface area contributed by atoms with Crippen molar-refractivity contribution in [3.8, 4) is 0 Å². The Morgan fingerprint density at radius 2 is 2.05 bits per heavy atom. The van der Waals surface area contributed by atoms with Crippen molar-refractivity contribution in [2.45, 2.75) is 13.0 Å². The number of halogens is 2. The average Bonchev–Trinajstić information content (AvgIpc) is 2.39. The maximum absolute atomic E-state index is 6.18. The van der Waals surface area contributed by atoms with Gasteiger partial charge in [0.1, 0.15) is 0 Å². The summed E-state index contributed by atoms with van der Waals surface area (Å²) in [4.78, 5) is 3.41. The molecule has 1 aromatic rings. The molecule has 0 aliphatic rings. The summed E-state index contributed by atoms with van der Waals surface area (Å²) < 4.78 is 0. The molecule has 112 valence electrons. The zero-order valence-corrected chi connectivity index (χ0v) is 14.5. The minimum atomic E-state index is 0.574. The lowest BCUT2D eigenvalue weighted by Gasteiger charge is -2.22. The van der Waals surface area contributed by atoms with E-state index in [2.05, 4.69) is 19.4 Å². The van der Waals surface area contributed by atoms with Gasteiger partial charge in [0, 0.05) is 26.6 Å². The van der Waals surface area contributed by atoms with E-state index in [0.717, 1.165) is 30.2 Å². The van der Waals surface area contributed by atoms with Crippen LogP contribution in [0.3, 0.4) is 0 Å². The highest BCUT2D eigenvalue weighted by molar-refractivity contribution is 7.80. The van der Waals surface area contributed by atoms with E-state index in [4.69, 9.17) is 35.4 Å². The molecular formula is C14H22Cl2N3S+. The van der Waals surface area contributed by atoms with Crippen molar-refractivity contribution in [2.75, 3.05) is 34.2 Å². The first-order valence-corrected chi connectivity index (χ1v) is 7.79. The zero-order chi connectivity index (χ0) is 15.1. The second-order valence-electron chi connectivity index (χ2n) is 5.11. The highest BCUT2D eigenvalue weighted by Gasteiger charge is 2.09. The van der Waals surface area contributed by atoms with Crippen molar-refractivity contribution in [2.24, 2.45) is 0 Å². The van der Waals surface area contributed by atoms with E-state index < -0.39 is 0 Å². The first-order chi connectivity index (χ1) is 9.41. The Kier molecular flexibility index (Phi) is 7.59. The molecule has 0 aliphatic carbocycles. The van der Waals surface area contributed by atoms with E-state index in [1.807, 2.05) is 24.1 Å². The molecule has 0 aliphatic heterocycles. The van der Waals surface area contributed by atoms with Crippen LogP contribution in [-0.2, 0) is 6.54 Å². The molecule has 3 nitrogen and oxygen atoms in total. The lowest BCUT2D eigenvalue weighted by atomic mass is 10.2. The van der Waals surface area contributed by atoms with Crippen molar-refractivity contribution < 1.29 is 4.90 Å². The SMILES string of the molecule is CN(Cc1cccc(Cl)c1Cl)C(=S)NCCC[NH+](C)C. The van der Waals surface area contributed by atoms with Gasteiger partial charge in [0.15, 0.2) is 5.11 Å². The van der Waals surface area contributed by atoms with Crippen LogP contribution in [0.4, 0.5) is 0 Å². The average molecular weight is 335 g/mol. The minimum Gasteiger partial charge on any atom is -0.362 e. The van der Waals surface area contributed by atoms with Crippen LogP contribution in [0, 0.1) is 0 Å². The van der Waals surface area contributed by atoms with Crippen molar-refractivity contribution in [1.82, 2.24) is 10.2 Å². The Balaban J connectivity index is 2.43. The predicted molar refractivity (Wildman–Crippen MR) is 90.8 cm³/mol. The Morgan fingerprint density at radius 1 is 1.35 bits per heavy atom. The number of rotatable bonds is 6. The van der Waals surface area contributed by atoms with Gasteiger partial charge < -0.3 is 15.1 Å². The van der Waals surface area contributed by atoms with E-state index in [0.29, 0.717) is 16.6 Å². The molecule has 0 spiro atoms. The molecule has 20 heavy (non-hydrogen) atoms. The van der Waals surface area contributed by atoms with Gasteiger partial charge in [-0.05, 0) is 23.8 Å². The van der Waals surface area contributed by atoms with Gasteiger partial charge in [0.2, 0.25) is 0 Å². The standard InChI is InChI=1S/C14H21Cl2N3S/c1-18(2)9-5-8-17-14(20)19(3)10-11-6-4-7-12(15)13(11)16/h4,6-7H,5,8-10H2,1-3H3,(H,17,20)/p+1. The van der Waals surface area contributed by atoms with E-state index in [1.165, 1.54) is 4.90 Å². The molecule has 0 amide bonds. The molecule has 0 fully saturated rings. The summed E-state index contributed by atoms with van der Waals surface area (Å²) in [5.41, 5.74) is 0.976. The summed E-state index contributed by atoms with van der Waals surface area (Å²) in [5, 5.41) is 5.16. The van der Waals surface area contributed by atoms with Crippen LogP contribution in [0.1, 0.15) is 12.0 Å². The Labute approximate surface area is 136 Å². The molecular weight excluding hydrogens is 313 g/mol. The third-order valence-corrected chi connectivity index (χ3v) is 4.23. The van der Waals surface area contributed by atoms with Gasteiger partial charge >= 0.3 is 0 Å². The number of benzene rings is 1. The van der Waals surface area contributed by atoms with Crippen LogP contribution < -0.4 is 10.2 Å². The molecule has 6 heteroatoms. The maximum Gasteiger partial charge on any atom is 0.168 e. The summed E-state index contributed by atoms with van der Waals surface area (Å²) in [6.07, 6.45) is 1.09. The van der Waals surface area contributed by atoms with Gasteiger partial charge in [-0.25, -0.2) is 0 Å². The molecule has 2 N–H and O–H groups in total. The third-order valence-electron chi connectivity index (χ3n) is 2.92. The van der Waals surface area contributed by atoms with E-state index >= 15 is 0 Å². The van der Waals surface area contributed by atoms with Crippen LogP contribution in [0.2, 0.25) is 10.0 Å². The Hall–Kier alpha value is -0.550. The van der Waals surface area contributed by atoms with Crippen LogP contribution in [0.15, 0.2) is 18.2 Å². The molecule has 0 aromatic heterocycles. The van der Waals surface area contributed by atoms with Gasteiger partial charge in [-0.15, -0.1) is 0 Å². The van der Waals surface area contributed by atoms with Gasteiger partial charge in [0.25, 0.3) is 0 Å². The monoisotopic (exact) mass is 334 g/mol. The highest BCUT2D eigenvalue weighted by Crippen LogP contribution is 2.26. The van der Waals surface area contributed by atoms with Crippen LogP contribution in [-0.4, -0.2) is 44.2 Å². The summed E-state index contributed by atoms with van der Waals surface area (Å²) >= 11 is 17.5. The molecule has 0 saturated carbocycles. The van der Waals surface area contributed by atoms with Crippen molar-refractivity contribution >= 4 is 40.5 Å². The van der Waals surface area contributed by atoms with E-state index in [1.54, 1.807) is 6.07 Å². The summed E-state index contributed by atoms with van der Waals surface area (Å²) in [7, 11) is 6.24. The normalized spacial score (nSPS) is 10.7. The lowest BCUT2D eigenvalue weighted by Crippen LogP contribution is -3.05. The molecule has 1 aromatic carbocycles. The third kappa shape index (κ3) is 5.83. The fourth-order valence-corrected chi connectivity index (χ4v) is 2.32. The minimum absolute atomic E-state index is 0.574. The van der Waals surface area contributed by atoms with Crippen LogP contribution >= 0.6 is 35.4 Å². The first kappa shape index (κ1) is 17.5. The molecule has 1 rings (SSSR count). The van der Waals surface area contributed by atoms with Gasteiger partial charge in [-0.1, -0.05) is 35.3 Å². The molecule has 0 unspecified atom stereocenters. The number of nitrogens with one attached hydrogen (secondary N) is 2. The van der Waals surface area contributed by atoms with Gasteiger partial charge in [-0.2, -0.15) is 0 Å². The zero-order valence-electron chi connectivity index (χ0n) is 12.2. The number of hydrogen-bond donors (Lipinski definition) is 2. The number of nitrogens with zero attached hydrogens (tertiary/aromatic N) is 1. The quantitative estimate of drug-likeness (QED) is 0.611. The van der Waals surface area contributed by atoms with Crippen molar-refractivity contribution in [3.05, 3.63) is 33.8 Å². The second-order valence-corrected chi connectivity index (χ2v) is 6.28. The maximum atomic E-state index is 6.18. The first-order valence-electron chi connectivity index (χ1n) is 6.62. The molecule has 0 radical (unpaired) electrons. The summed E-state index contributed by atoms with van der Waals surface area (Å²) in [5.74, 6) is 0. The lowest BCUT2D eigenvalue weighted by molar-refractivity contribution is -0.858. The molecule has 0 saturated heterocycles. The fraction of sp³-hybridized carbons (Fsp3) is 0.500. The van der Waals surface area contributed by atoms with Gasteiger partial charge in [-0.3, -0.25) is 0 Å². The van der Waals surface area contributed by atoms with Crippen LogP contribution in [0.25, 0.3) is 0 Å². The van der Waals surface area contributed by atoms with Crippen LogP contribution in [0.5, 0.6) is 0 Å².